The molecule has 0 radical (unpaired) electrons. The van der Waals surface area contributed by atoms with Gasteiger partial charge in [0.25, 0.3) is 0 Å². The van der Waals surface area contributed by atoms with E-state index in [0.29, 0.717) is 29.9 Å². The van der Waals surface area contributed by atoms with Gasteiger partial charge in [0.1, 0.15) is 5.82 Å². The summed E-state index contributed by atoms with van der Waals surface area (Å²) in [6, 6.07) is 12.7. The number of hydrogen-bond donors (Lipinski definition) is 1. The predicted molar refractivity (Wildman–Crippen MR) is 94.9 cm³/mol. The van der Waals surface area contributed by atoms with Crippen molar-refractivity contribution in [3.63, 3.8) is 0 Å². The molecule has 5 heteroatoms. The number of rotatable bonds is 6. The second-order valence-electron chi connectivity index (χ2n) is 6.70. The maximum atomic E-state index is 13.3. The van der Waals surface area contributed by atoms with Crippen LogP contribution in [0.5, 0.6) is 11.5 Å². The molecule has 2 N–H and O–H groups in total. The van der Waals surface area contributed by atoms with E-state index in [1.807, 2.05) is 0 Å². The number of methoxy groups -OCH3 is 1. The quantitative estimate of drug-likeness (QED) is 0.775. The van der Waals surface area contributed by atoms with Crippen LogP contribution in [0.3, 0.4) is 0 Å². The Morgan fingerprint density at radius 3 is 2.46 bits per heavy atom. The first-order chi connectivity index (χ1) is 11.5. The van der Waals surface area contributed by atoms with Gasteiger partial charge in [-0.3, -0.25) is 5.14 Å². The third-order valence-electron chi connectivity index (χ3n) is 4.97. The fourth-order valence-corrected chi connectivity index (χ4v) is 3.70. The number of nitrogens with two attached hydrogens (primary N) is 1. The average molecular weight is 347 g/mol. The smallest absolute Gasteiger partial charge is 0.163 e. The molecule has 1 fully saturated rings. The summed E-state index contributed by atoms with van der Waals surface area (Å²) >= 11 is 1.25. The minimum atomic E-state index is -0.332. The van der Waals surface area contributed by atoms with Crippen LogP contribution >= 0.6 is 11.9 Å². The van der Waals surface area contributed by atoms with Gasteiger partial charge in [0.2, 0.25) is 0 Å². The fraction of sp³-hybridized carbons (Fsp3) is 0.368. The van der Waals surface area contributed by atoms with Crippen molar-refractivity contribution in [2.75, 3.05) is 13.7 Å². The largest absolute Gasteiger partial charge is 0.493 e. The van der Waals surface area contributed by atoms with Gasteiger partial charge in [-0.2, -0.15) is 0 Å². The van der Waals surface area contributed by atoms with E-state index in [-0.39, 0.29) is 11.2 Å². The van der Waals surface area contributed by atoms with Crippen molar-refractivity contribution in [3.8, 4) is 11.5 Å². The standard InChI is InChI=1S/C19H22FNO2S/c1-19(2)15(18(19)12-4-7-14(24-21)8-5-12)11-23-16-9-6-13(20)10-17(16)22-3/h4-10,15,18H,11,21H2,1-3H3/t15-,18-/m0/s1. The molecule has 24 heavy (non-hydrogen) atoms. The Labute approximate surface area is 146 Å². The summed E-state index contributed by atoms with van der Waals surface area (Å²) in [7, 11) is 1.52. The summed E-state index contributed by atoms with van der Waals surface area (Å²) in [4.78, 5) is 1.06. The third kappa shape index (κ3) is 3.23. The third-order valence-corrected chi connectivity index (χ3v) is 5.51. The molecule has 0 saturated heterocycles. The maximum absolute atomic E-state index is 13.3. The van der Waals surface area contributed by atoms with Crippen molar-refractivity contribution < 1.29 is 13.9 Å². The molecule has 1 aliphatic rings. The zero-order chi connectivity index (χ0) is 17.3. The van der Waals surface area contributed by atoms with Crippen molar-refractivity contribution in [3.05, 3.63) is 53.8 Å². The highest BCUT2D eigenvalue weighted by molar-refractivity contribution is 7.97. The summed E-state index contributed by atoms with van der Waals surface area (Å²) < 4.78 is 24.4. The Bertz CT molecular complexity index is 718. The molecule has 0 unspecified atom stereocenters. The lowest BCUT2D eigenvalue weighted by molar-refractivity contribution is 0.263. The predicted octanol–water partition coefficient (Wildman–Crippen LogP) is 4.62. The van der Waals surface area contributed by atoms with E-state index in [9.17, 15) is 4.39 Å². The molecule has 0 amide bonds. The van der Waals surface area contributed by atoms with Gasteiger partial charge < -0.3 is 9.47 Å². The lowest BCUT2D eigenvalue weighted by Crippen LogP contribution is -2.05. The van der Waals surface area contributed by atoms with Gasteiger partial charge in [0.05, 0.1) is 13.7 Å². The van der Waals surface area contributed by atoms with E-state index in [1.165, 1.54) is 36.8 Å². The minimum Gasteiger partial charge on any atom is -0.493 e. The second kappa shape index (κ2) is 6.65. The Balaban J connectivity index is 1.69. The number of ether oxygens (including phenoxy) is 2. The van der Waals surface area contributed by atoms with Gasteiger partial charge in [0.15, 0.2) is 11.5 Å². The van der Waals surface area contributed by atoms with Gasteiger partial charge in [-0.05, 0) is 53.1 Å². The van der Waals surface area contributed by atoms with Crippen molar-refractivity contribution in [1.82, 2.24) is 0 Å². The van der Waals surface area contributed by atoms with E-state index in [0.717, 1.165) is 4.90 Å². The Kier molecular flexibility index (Phi) is 4.74. The van der Waals surface area contributed by atoms with E-state index in [4.69, 9.17) is 14.6 Å². The number of benzene rings is 2. The van der Waals surface area contributed by atoms with Gasteiger partial charge in [0, 0.05) is 16.9 Å². The molecular formula is C19H22FNO2S. The molecule has 0 aromatic heterocycles. The lowest BCUT2D eigenvalue weighted by atomic mass is 10.0. The summed E-state index contributed by atoms with van der Waals surface area (Å²) in [5.41, 5.74) is 1.47. The fourth-order valence-electron chi connectivity index (χ4n) is 3.41. The molecule has 0 heterocycles. The highest BCUT2D eigenvalue weighted by Crippen LogP contribution is 2.64. The van der Waals surface area contributed by atoms with Crippen LogP contribution in [0.1, 0.15) is 25.3 Å². The molecular weight excluding hydrogens is 325 g/mol. The van der Waals surface area contributed by atoms with Crippen LogP contribution in [0.2, 0.25) is 0 Å². The van der Waals surface area contributed by atoms with Gasteiger partial charge in [-0.25, -0.2) is 4.39 Å². The zero-order valence-corrected chi connectivity index (χ0v) is 14.9. The topological polar surface area (TPSA) is 44.5 Å². The van der Waals surface area contributed by atoms with Crippen molar-refractivity contribution in [1.29, 1.82) is 0 Å². The molecule has 0 spiro atoms. The zero-order valence-electron chi connectivity index (χ0n) is 14.1. The summed E-state index contributed by atoms with van der Waals surface area (Å²) in [6.07, 6.45) is 0. The van der Waals surface area contributed by atoms with Crippen LogP contribution < -0.4 is 14.6 Å². The molecule has 128 valence electrons. The molecule has 1 aliphatic carbocycles. The molecule has 2 aromatic rings. The normalized spacial score (nSPS) is 21.4. The first-order valence-electron chi connectivity index (χ1n) is 7.90. The van der Waals surface area contributed by atoms with Crippen LogP contribution in [0.25, 0.3) is 0 Å². The molecule has 2 atom stereocenters. The van der Waals surface area contributed by atoms with Crippen LogP contribution in [0.4, 0.5) is 4.39 Å². The lowest BCUT2D eigenvalue weighted by Gasteiger charge is -2.11. The van der Waals surface area contributed by atoms with Crippen LogP contribution in [-0.2, 0) is 0 Å². The van der Waals surface area contributed by atoms with E-state index >= 15 is 0 Å². The van der Waals surface area contributed by atoms with Crippen molar-refractivity contribution >= 4 is 11.9 Å². The first-order valence-corrected chi connectivity index (χ1v) is 8.78. The van der Waals surface area contributed by atoms with Crippen LogP contribution in [-0.4, -0.2) is 13.7 Å². The SMILES string of the molecule is COc1cc(F)ccc1OC[C@H]1[C@H](c2ccc(SN)cc2)C1(C)C. The van der Waals surface area contributed by atoms with Crippen molar-refractivity contribution in [2.24, 2.45) is 16.5 Å². The van der Waals surface area contributed by atoms with Gasteiger partial charge >= 0.3 is 0 Å². The average Bonchev–Trinajstić information content (AvgIpc) is 3.14. The Morgan fingerprint density at radius 1 is 1.12 bits per heavy atom. The Morgan fingerprint density at radius 2 is 1.83 bits per heavy atom. The monoisotopic (exact) mass is 347 g/mol. The van der Waals surface area contributed by atoms with Gasteiger partial charge in [-0.15, -0.1) is 0 Å². The molecule has 3 rings (SSSR count). The summed E-state index contributed by atoms with van der Waals surface area (Å²) in [5.74, 6) is 1.52. The van der Waals surface area contributed by atoms with E-state index < -0.39 is 0 Å². The second-order valence-corrected chi connectivity index (χ2v) is 7.41. The summed E-state index contributed by atoms with van der Waals surface area (Å²) in [6.45, 7) is 5.07. The number of hydrogen-bond acceptors (Lipinski definition) is 4. The minimum absolute atomic E-state index is 0.171. The molecule has 2 aromatic carbocycles. The molecule has 3 nitrogen and oxygen atoms in total. The number of halogens is 1. The van der Waals surface area contributed by atoms with E-state index in [1.54, 1.807) is 6.07 Å². The van der Waals surface area contributed by atoms with Crippen LogP contribution in [0.15, 0.2) is 47.4 Å². The van der Waals surface area contributed by atoms with Crippen molar-refractivity contribution in [2.45, 2.75) is 24.7 Å². The Hall–Kier alpha value is -1.72. The van der Waals surface area contributed by atoms with Gasteiger partial charge in [-0.1, -0.05) is 26.0 Å². The highest BCUT2D eigenvalue weighted by Gasteiger charge is 2.58. The summed E-state index contributed by atoms with van der Waals surface area (Å²) in [5, 5.41) is 5.58. The molecule has 0 bridgehead atoms. The van der Waals surface area contributed by atoms with E-state index in [2.05, 4.69) is 38.1 Å². The van der Waals surface area contributed by atoms with Crippen LogP contribution in [0, 0.1) is 17.2 Å². The molecule has 0 aliphatic heterocycles. The maximum Gasteiger partial charge on any atom is 0.163 e. The first kappa shape index (κ1) is 17.1. The molecule has 1 saturated carbocycles. The highest BCUT2D eigenvalue weighted by atomic mass is 32.2.